The molecule has 0 aliphatic rings. The summed E-state index contributed by atoms with van der Waals surface area (Å²) in [7, 11) is 0. The van der Waals surface area contributed by atoms with Gasteiger partial charge in [0.05, 0.1) is 0 Å². The second kappa shape index (κ2) is 3.85. The Hall–Kier alpha value is 0.0700. The van der Waals surface area contributed by atoms with Crippen molar-refractivity contribution in [1.29, 1.82) is 0 Å². The number of ketones is 1. The minimum absolute atomic E-state index is 0.192. The van der Waals surface area contributed by atoms with Gasteiger partial charge in [-0.1, -0.05) is 29.8 Å². The number of carbonyl (C=O) groups is 1. The van der Waals surface area contributed by atoms with Gasteiger partial charge in [0.1, 0.15) is 0 Å². The molecule has 0 bridgehead atoms. The number of alkyl halides is 1. The lowest BCUT2D eigenvalue weighted by Gasteiger charge is -2.34. The lowest BCUT2D eigenvalue weighted by Crippen LogP contribution is -2.53. The Kier molecular flexibility index (Phi) is 3.87. The maximum Gasteiger partial charge on any atom is 0.167 e. The van der Waals surface area contributed by atoms with Gasteiger partial charge < -0.3 is 10.2 Å². The van der Waals surface area contributed by atoms with E-state index in [1.807, 2.05) is 0 Å². The van der Waals surface area contributed by atoms with E-state index in [1.165, 1.54) is 6.92 Å². The zero-order valence-electron chi connectivity index (χ0n) is 7.59. The van der Waals surface area contributed by atoms with Crippen molar-refractivity contribution >= 4 is 21.7 Å². The largest absolute Gasteiger partial charge is 0.378 e. The molecule has 2 atom stereocenters. The van der Waals surface area contributed by atoms with E-state index >= 15 is 0 Å². The highest BCUT2D eigenvalue weighted by atomic mass is 79.9. The summed E-state index contributed by atoms with van der Waals surface area (Å²) in [5, 5.41) is 19.3. The average molecular weight is 239 g/mol. The third kappa shape index (κ3) is 2.06. The minimum Gasteiger partial charge on any atom is -0.378 e. The molecule has 0 aliphatic heterocycles. The Balaban J connectivity index is 4.80. The Bertz CT molecular complexity index is 174. The summed E-state index contributed by atoms with van der Waals surface area (Å²) in [6.07, 6.45) is 0.407. The van der Waals surface area contributed by atoms with Gasteiger partial charge in [-0.05, 0) is 13.3 Å². The van der Waals surface area contributed by atoms with Crippen molar-refractivity contribution in [2.24, 2.45) is 0 Å². The zero-order chi connectivity index (χ0) is 9.99. The monoisotopic (exact) mass is 238 g/mol. The minimum atomic E-state index is -1.68. The highest BCUT2D eigenvalue weighted by Gasteiger charge is 2.47. The molecule has 0 aliphatic carbocycles. The maximum atomic E-state index is 11.3. The van der Waals surface area contributed by atoms with Crippen LogP contribution in [0.4, 0.5) is 0 Å². The van der Waals surface area contributed by atoms with Crippen LogP contribution in [0.2, 0.25) is 0 Å². The predicted octanol–water partition coefficient (Wildman–Crippen LogP) is 1.21. The summed E-state index contributed by atoms with van der Waals surface area (Å²) in [5.41, 5.74) is -1.68. The van der Waals surface area contributed by atoms with Crippen molar-refractivity contribution in [2.75, 3.05) is 0 Å². The van der Waals surface area contributed by atoms with Gasteiger partial charge in [0.2, 0.25) is 0 Å². The molecule has 0 fully saturated rings. The Labute approximate surface area is 80.9 Å². The van der Waals surface area contributed by atoms with Crippen LogP contribution in [-0.4, -0.2) is 26.1 Å². The fourth-order valence-electron chi connectivity index (χ4n) is 1.07. The Morgan fingerprint density at radius 1 is 1.42 bits per heavy atom. The normalized spacial score (nSPS) is 21.2. The van der Waals surface area contributed by atoms with Crippen molar-refractivity contribution < 1.29 is 15.0 Å². The predicted molar refractivity (Wildman–Crippen MR) is 50.1 cm³/mol. The number of hydrogen-bond donors (Lipinski definition) is 2. The van der Waals surface area contributed by atoms with E-state index in [2.05, 4.69) is 15.9 Å². The second-order valence-electron chi connectivity index (χ2n) is 2.94. The third-order valence-corrected chi connectivity index (χ3v) is 2.70. The van der Waals surface area contributed by atoms with Crippen LogP contribution >= 0.6 is 15.9 Å². The Morgan fingerprint density at radius 3 is 1.92 bits per heavy atom. The van der Waals surface area contributed by atoms with Crippen molar-refractivity contribution in [3.63, 3.8) is 0 Å². The van der Waals surface area contributed by atoms with Gasteiger partial charge in [-0.3, -0.25) is 4.79 Å². The molecular weight excluding hydrogens is 224 g/mol. The number of Topliss-reactive ketones (excluding diaryl/α,β-unsaturated/α-hetero) is 1. The van der Waals surface area contributed by atoms with Gasteiger partial charge in [-0.25, -0.2) is 0 Å². The molecule has 0 aromatic heterocycles. The molecule has 0 aromatic rings. The van der Waals surface area contributed by atoms with Crippen LogP contribution in [0.5, 0.6) is 0 Å². The quantitative estimate of drug-likeness (QED) is 0.725. The molecule has 0 radical (unpaired) electrons. The fraction of sp³-hybridized carbons (Fsp3) is 0.875. The molecule has 3 nitrogen and oxygen atoms in total. The van der Waals surface area contributed by atoms with Crippen LogP contribution < -0.4 is 0 Å². The van der Waals surface area contributed by atoms with Crippen molar-refractivity contribution in [2.45, 2.75) is 43.7 Å². The van der Waals surface area contributed by atoms with E-state index < -0.39 is 10.1 Å². The first-order valence-corrected chi connectivity index (χ1v) is 4.75. The molecule has 0 saturated carbocycles. The molecule has 0 rings (SSSR count). The van der Waals surface area contributed by atoms with E-state index in [-0.39, 0.29) is 18.6 Å². The lowest BCUT2D eigenvalue weighted by atomic mass is 9.88. The van der Waals surface area contributed by atoms with E-state index in [0.29, 0.717) is 0 Å². The molecular formula is C8H15BrO3. The van der Waals surface area contributed by atoms with Gasteiger partial charge in [0, 0.05) is 6.42 Å². The van der Waals surface area contributed by atoms with Crippen LogP contribution in [-0.2, 0) is 4.79 Å². The smallest absolute Gasteiger partial charge is 0.167 e. The first-order chi connectivity index (χ1) is 5.29. The molecule has 12 heavy (non-hydrogen) atoms. The molecule has 0 aromatic carbocycles. The molecule has 4 heteroatoms. The van der Waals surface area contributed by atoms with E-state index in [9.17, 15) is 15.0 Å². The maximum absolute atomic E-state index is 11.3. The van der Waals surface area contributed by atoms with Gasteiger partial charge in [-0.15, -0.1) is 0 Å². The molecule has 0 heterocycles. The third-order valence-electron chi connectivity index (χ3n) is 2.05. The van der Waals surface area contributed by atoms with Crippen LogP contribution in [0.3, 0.4) is 0 Å². The summed E-state index contributed by atoms with van der Waals surface area (Å²) < 4.78 is -1.55. The molecule has 2 N–H and O–H groups in total. The highest BCUT2D eigenvalue weighted by Crippen LogP contribution is 2.32. The van der Waals surface area contributed by atoms with Crippen LogP contribution in [0.15, 0.2) is 0 Å². The van der Waals surface area contributed by atoms with Gasteiger partial charge in [0.15, 0.2) is 15.9 Å². The highest BCUT2D eigenvalue weighted by molar-refractivity contribution is 9.10. The summed E-state index contributed by atoms with van der Waals surface area (Å²) in [5.74, 6) is -0.355. The first kappa shape index (κ1) is 12.1. The average Bonchev–Trinajstić information content (AvgIpc) is 1.99. The van der Waals surface area contributed by atoms with E-state index in [1.54, 1.807) is 13.8 Å². The molecule has 0 spiro atoms. The number of hydrogen-bond acceptors (Lipinski definition) is 3. The number of carbonyl (C=O) groups excluding carboxylic acids is 1. The van der Waals surface area contributed by atoms with Crippen LogP contribution in [0.1, 0.15) is 33.6 Å². The van der Waals surface area contributed by atoms with Crippen molar-refractivity contribution in [3.8, 4) is 0 Å². The first-order valence-electron chi connectivity index (χ1n) is 3.96. The summed E-state index contributed by atoms with van der Waals surface area (Å²) >= 11 is 2.89. The fourth-order valence-corrected chi connectivity index (χ4v) is 1.57. The van der Waals surface area contributed by atoms with Gasteiger partial charge in [-0.2, -0.15) is 0 Å². The standard InChI is InChI=1S/C8H15BrO3/c1-4-6(10)8(12,5-2)7(3,9)11/h11-12H,4-5H2,1-3H3/t7-,8-/m1/s1. The molecule has 72 valence electrons. The summed E-state index contributed by atoms with van der Waals surface area (Å²) in [6.45, 7) is 4.68. The molecule has 0 unspecified atom stereocenters. The zero-order valence-corrected chi connectivity index (χ0v) is 9.18. The summed E-state index contributed by atoms with van der Waals surface area (Å²) in [4.78, 5) is 11.3. The van der Waals surface area contributed by atoms with Crippen molar-refractivity contribution in [3.05, 3.63) is 0 Å². The van der Waals surface area contributed by atoms with E-state index in [0.717, 1.165) is 0 Å². The Morgan fingerprint density at radius 2 is 1.83 bits per heavy atom. The topological polar surface area (TPSA) is 57.5 Å². The molecule has 0 amide bonds. The summed E-state index contributed by atoms with van der Waals surface area (Å²) in [6, 6.07) is 0. The second-order valence-corrected chi connectivity index (χ2v) is 4.49. The number of halogens is 1. The molecule has 0 saturated heterocycles. The lowest BCUT2D eigenvalue weighted by molar-refractivity contribution is -0.152. The van der Waals surface area contributed by atoms with Crippen molar-refractivity contribution in [1.82, 2.24) is 0 Å². The number of aliphatic hydroxyl groups is 2. The van der Waals surface area contributed by atoms with Gasteiger partial charge >= 0.3 is 0 Å². The van der Waals surface area contributed by atoms with Gasteiger partial charge in [0.25, 0.3) is 0 Å². The SMILES string of the molecule is CCC(=O)[C@](O)(CC)[C@@](C)(O)Br. The van der Waals surface area contributed by atoms with Crippen LogP contribution in [0.25, 0.3) is 0 Å². The van der Waals surface area contributed by atoms with E-state index in [4.69, 9.17) is 0 Å². The van der Waals surface area contributed by atoms with Crippen LogP contribution in [0, 0.1) is 0 Å². The number of rotatable bonds is 4.